The summed E-state index contributed by atoms with van der Waals surface area (Å²) < 4.78 is 33.3. The highest BCUT2D eigenvalue weighted by atomic mass is 32.2. The Bertz CT molecular complexity index is 1620. The predicted molar refractivity (Wildman–Crippen MR) is 132 cm³/mol. The molecule has 0 fully saturated rings. The summed E-state index contributed by atoms with van der Waals surface area (Å²) in [4.78, 5) is 38.3. The van der Waals surface area contributed by atoms with Crippen molar-refractivity contribution < 1.29 is 22.4 Å². The van der Waals surface area contributed by atoms with E-state index >= 15 is 0 Å². The van der Waals surface area contributed by atoms with Gasteiger partial charge in [0, 0.05) is 17.6 Å². The number of aryl methyl sites for hydroxylation is 1. The Labute approximate surface area is 200 Å². The van der Waals surface area contributed by atoms with Crippen molar-refractivity contribution in [2.45, 2.75) is 6.92 Å². The second kappa shape index (κ2) is 8.52. The summed E-state index contributed by atoms with van der Waals surface area (Å²) in [5.74, 6) is -1.48. The van der Waals surface area contributed by atoms with Crippen molar-refractivity contribution in [2.24, 2.45) is 0 Å². The highest BCUT2D eigenvalue weighted by Crippen LogP contribution is 2.25. The summed E-state index contributed by atoms with van der Waals surface area (Å²) in [5.41, 5.74) is 2.74. The van der Waals surface area contributed by atoms with Gasteiger partial charge in [-0.05, 0) is 48.9 Å². The molecule has 0 spiro atoms. The van der Waals surface area contributed by atoms with Gasteiger partial charge in [-0.2, -0.15) is 0 Å². The lowest BCUT2D eigenvalue weighted by Crippen LogP contribution is -2.35. The molecule has 2 heterocycles. The molecule has 0 saturated heterocycles. The number of hydrogen-bond acceptors (Lipinski definition) is 6. The molecule has 3 aromatic carbocycles. The lowest BCUT2D eigenvalue weighted by Gasteiger charge is -2.15. The molecule has 0 aliphatic carbocycles. The number of carbonyl (C=O) groups is 2. The highest BCUT2D eigenvalue weighted by molar-refractivity contribution is 7.92. The van der Waals surface area contributed by atoms with Crippen LogP contribution in [-0.4, -0.2) is 37.4 Å². The number of sulfonamides is 1. The molecular weight excluding hydrogens is 468 g/mol. The maximum absolute atomic E-state index is 12.7. The van der Waals surface area contributed by atoms with Crippen molar-refractivity contribution in [3.05, 3.63) is 99.9 Å². The van der Waals surface area contributed by atoms with Gasteiger partial charge in [0.25, 0.3) is 11.8 Å². The number of amides is 2. The predicted octanol–water partition coefficient (Wildman–Crippen LogP) is 3.81. The van der Waals surface area contributed by atoms with E-state index in [0.29, 0.717) is 22.1 Å². The number of hydrogen-bond donors (Lipinski definition) is 1. The van der Waals surface area contributed by atoms with Crippen LogP contribution in [-0.2, 0) is 10.0 Å². The van der Waals surface area contributed by atoms with Gasteiger partial charge in [-0.1, -0.05) is 42.0 Å². The molecule has 0 unspecified atom stereocenters. The third-order valence-electron chi connectivity index (χ3n) is 5.83. The van der Waals surface area contributed by atoms with Crippen LogP contribution in [0.3, 0.4) is 0 Å². The van der Waals surface area contributed by atoms with Crippen LogP contribution in [0.15, 0.2) is 82.0 Å². The van der Waals surface area contributed by atoms with Gasteiger partial charge < -0.3 is 4.42 Å². The van der Waals surface area contributed by atoms with Crippen molar-refractivity contribution in [1.29, 1.82) is 0 Å². The molecule has 0 saturated carbocycles. The molecule has 0 bridgehead atoms. The quantitative estimate of drug-likeness (QED) is 0.326. The Balaban J connectivity index is 1.35. The monoisotopic (exact) mass is 488 g/mol. The Hall–Kier alpha value is -4.24. The smallest absolute Gasteiger partial charge is 0.344 e. The molecule has 1 aliphatic rings. The molecule has 2 amide bonds. The number of rotatable bonds is 6. The number of nitrogens with zero attached hydrogens (tertiary/aromatic N) is 1. The SMILES string of the molecule is Cc1ccc(-c2cc3cc(NS(=O)(=O)CCN4C(=O)c5ccccc5C4=O)ccc3oc2=O)cc1. The molecule has 0 radical (unpaired) electrons. The second-order valence-electron chi connectivity index (χ2n) is 8.29. The third kappa shape index (κ3) is 4.33. The minimum absolute atomic E-state index is 0.267. The van der Waals surface area contributed by atoms with Crippen molar-refractivity contribution in [1.82, 2.24) is 4.90 Å². The molecule has 5 rings (SSSR count). The molecule has 0 atom stereocenters. The fraction of sp³-hybridized carbons (Fsp3) is 0.115. The maximum atomic E-state index is 12.7. The zero-order valence-electron chi connectivity index (χ0n) is 18.6. The van der Waals surface area contributed by atoms with E-state index in [4.69, 9.17) is 4.42 Å². The molecule has 4 aromatic rings. The maximum Gasteiger partial charge on any atom is 0.344 e. The third-order valence-corrected chi connectivity index (χ3v) is 7.10. The van der Waals surface area contributed by atoms with Crippen LogP contribution >= 0.6 is 0 Å². The lowest BCUT2D eigenvalue weighted by atomic mass is 10.0. The van der Waals surface area contributed by atoms with Gasteiger partial charge >= 0.3 is 5.63 Å². The number of carbonyl (C=O) groups excluding carboxylic acids is 2. The fourth-order valence-electron chi connectivity index (χ4n) is 4.01. The van der Waals surface area contributed by atoms with Crippen LogP contribution in [0.5, 0.6) is 0 Å². The zero-order chi connectivity index (χ0) is 24.7. The van der Waals surface area contributed by atoms with Crippen molar-refractivity contribution in [2.75, 3.05) is 17.0 Å². The molecule has 1 aromatic heterocycles. The number of anilines is 1. The van der Waals surface area contributed by atoms with Crippen LogP contribution in [0.25, 0.3) is 22.1 Å². The second-order valence-corrected chi connectivity index (χ2v) is 10.1. The van der Waals surface area contributed by atoms with Gasteiger partial charge in [0.1, 0.15) is 5.58 Å². The molecule has 9 heteroatoms. The van der Waals surface area contributed by atoms with Crippen molar-refractivity contribution in [3.63, 3.8) is 0 Å². The first-order valence-electron chi connectivity index (χ1n) is 10.8. The van der Waals surface area contributed by atoms with E-state index in [1.807, 2.05) is 31.2 Å². The Morgan fingerprint density at radius 3 is 2.14 bits per heavy atom. The summed E-state index contributed by atoms with van der Waals surface area (Å²) >= 11 is 0. The van der Waals surface area contributed by atoms with E-state index in [1.54, 1.807) is 36.4 Å². The standard InChI is InChI=1S/C26H20N2O6S/c1-16-6-8-17(9-7-16)22-15-18-14-19(10-11-23(18)34-26(22)31)27-35(32,33)13-12-28-24(29)20-4-2-3-5-21(20)25(28)30/h2-11,14-15,27H,12-13H2,1H3. The largest absolute Gasteiger partial charge is 0.422 e. The van der Waals surface area contributed by atoms with E-state index in [1.165, 1.54) is 12.1 Å². The number of imide groups is 1. The summed E-state index contributed by atoms with van der Waals surface area (Å²) in [5, 5.41) is 0.542. The topological polar surface area (TPSA) is 114 Å². The Morgan fingerprint density at radius 1 is 0.829 bits per heavy atom. The first-order valence-corrected chi connectivity index (χ1v) is 12.5. The molecule has 35 heavy (non-hydrogen) atoms. The van der Waals surface area contributed by atoms with Crippen LogP contribution in [0.4, 0.5) is 5.69 Å². The number of benzene rings is 3. The van der Waals surface area contributed by atoms with Gasteiger partial charge in [-0.25, -0.2) is 13.2 Å². The van der Waals surface area contributed by atoms with Gasteiger partial charge in [0.2, 0.25) is 10.0 Å². The highest BCUT2D eigenvalue weighted by Gasteiger charge is 2.35. The minimum atomic E-state index is -3.89. The molecule has 1 N–H and O–H groups in total. The molecule has 176 valence electrons. The summed E-state index contributed by atoms with van der Waals surface area (Å²) in [6.45, 7) is 1.67. The average Bonchev–Trinajstić information content (AvgIpc) is 3.08. The Morgan fingerprint density at radius 2 is 1.49 bits per heavy atom. The summed E-state index contributed by atoms with van der Waals surface area (Å²) in [6, 6.07) is 20.0. The van der Waals surface area contributed by atoms with Gasteiger partial charge in [0.15, 0.2) is 0 Å². The van der Waals surface area contributed by atoms with E-state index in [9.17, 15) is 22.8 Å². The fourth-order valence-corrected chi connectivity index (χ4v) is 5.02. The van der Waals surface area contributed by atoms with E-state index in [0.717, 1.165) is 10.5 Å². The minimum Gasteiger partial charge on any atom is -0.422 e. The molecular formula is C26H20N2O6S. The zero-order valence-corrected chi connectivity index (χ0v) is 19.5. The number of nitrogens with one attached hydrogen (secondary N) is 1. The van der Waals surface area contributed by atoms with E-state index in [-0.39, 0.29) is 23.4 Å². The van der Waals surface area contributed by atoms with E-state index < -0.39 is 33.2 Å². The average molecular weight is 489 g/mol. The summed E-state index contributed by atoms with van der Waals surface area (Å²) in [7, 11) is -3.89. The lowest BCUT2D eigenvalue weighted by molar-refractivity contribution is 0.0664. The van der Waals surface area contributed by atoms with Gasteiger partial charge in [0.05, 0.1) is 22.4 Å². The van der Waals surface area contributed by atoms with E-state index in [2.05, 4.69) is 4.72 Å². The van der Waals surface area contributed by atoms with Crippen LogP contribution in [0, 0.1) is 6.92 Å². The Kier molecular flexibility index (Phi) is 5.49. The van der Waals surface area contributed by atoms with Crippen molar-refractivity contribution >= 4 is 38.5 Å². The normalized spacial score (nSPS) is 13.3. The summed E-state index contributed by atoms with van der Waals surface area (Å²) in [6.07, 6.45) is 0. The first kappa shape index (κ1) is 22.5. The van der Waals surface area contributed by atoms with Crippen LogP contribution < -0.4 is 10.3 Å². The first-order chi connectivity index (χ1) is 16.7. The molecule has 1 aliphatic heterocycles. The van der Waals surface area contributed by atoms with Gasteiger partial charge in [-0.15, -0.1) is 0 Å². The molecule has 8 nitrogen and oxygen atoms in total. The van der Waals surface area contributed by atoms with Crippen LogP contribution in [0.1, 0.15) is 26.3 Å². The van der Waals surface area contributed by atoms with Crippen LogP contribution in [0.2, 0.25) is 0 Å². The van der Waals surface area contributed by atoms with Crippen molar-refractivity contribution in [3.8, 4) is 11.1 Å². The number of fused-ring (bicyclic) bond motifs is 2. The van der Waals surface area contributed by atoms with Gasteiger partial charge in [-0.3, -0.25) is 19.2 Å².